The fraction of sp³-hybridized carbons (Fsp3) is 0.176. The molecular formula is C17H18N4O7S. The summed E-state index contributed by atoms with van der Waals surface area (Å²) in [5.41, 5.74) is 0.157. The summed E-state index contributed by atoms with van der Waals surface area (Å²) in [6.07, 6.45) is 3.55. The molecule has 0 aliphatic rings. The fourth-order valence-electron chi connectivity index (χ4n) is 1.96. The van der Waals surface area contributed by atoms with Crippen LogP contribution in [-0.2, 0) is 29.1 Å². The first-order chi connectivity index (χ1) is 13.8. The number of hydrogen-bond donors (Lipinski definition) is 2. The van der Waals surface area contributed by atoms with Crippen LogP contribution >= 0.6 is 0 Å². The monoisotopic (exact) mass is 422 g/mol. The Bertz CT molecular complexity index is 1000. The first kappa shape index (κ1) is 21.6. The molecule has 1 aromatic heterocycles. The molecule has 0 bridgehead atoms. The number of hydrogen-bond acceptors (Lipinski definition) is 10. The maximum atomic E-state index is 12.4. The molecule has 0 fully saturated rings. The summed E-state index contributed by atoms with van der Waals surface area (Å²) in [5.74, 6) is -1.31. The lowest BCUT2D eigenvalue weighted by atomic mass is 10.3. The molecule has 0 unspecified atom stereocenters. The molecule has 0 amide bonds. The Morgan fingerprint density at radius 2 is 1.62 bits per heavy atom. The fourth-order valence-corrected chi connectivity index (χ4v) is 2.92. The molecule has 0 radical (unpaired) electrons. The van der Waals surface area contributed by atoms with Crippen LogP contribution in [0.4, 0.5) is 11.6 Å². The van der Waals surface area contributed by atoms with Crippen LogP contribution in [0, 0.1) is 0 Å². The quantitative estimate of drug-likeness (QED) is 0.465. The van der Waals surface area contributed by atoms with Crippen LogP contribution < -0.4 is 14.8 Å². The summed E-state index contributed by atoms with van der Waals surface area (Å²) in [4.78, 5) is 30.7. The second kappa shape index (κ2) is 9.50. The van der Waals surface area contributed by atoms with E-state index in [0.717, 1.165) is 20.3 Å². The SMILES string of the molecule is COC(=O)/C=C(/Nc1ccc(S(=O)(=O)Nc2ncc(OC)cn2)cc1)C(=O)OC. The summed E-state index contributed by atoms with van der Waals surface area (Å²) < 4.78 is 41.1. The van der Waals surface area contributed by atoms with Gasteiger partial charge in [0, 0.05) is 5.69 Å². The van der Waals surface area contributed by atoms with Gasteiger partial charge in [-0.1, -0.05) is 0 Å². The van der Waals surface area contributed by atoms with Crippen molar-refractivity contribution >= 4 is 33.6 Å². The Labute approximate surface area is 166 Å². The zero-order valence-electron chi connectivity index (χ0n) is 15.7. The maximum Gasteiger partial charge on any atom is 0.354 e. The third kappa shape index (κ3) is 5.90. The smallest absolute Gasteiger partial charge is 0.354 e. The molecule has 0 aliphatic heterocycles. The Morgan fingerprint density at radius 1 is 1.00 bits per heavy atom. The highest BCUT2D eigenvalue weighted by molar-refractivity contribution is 7.92. The normalized spacial score (nSPS) is 11.3. The molecule has 1 aromatic carbocycles. The van der Waals surface area contributed by atoms with Gasteiger partial charge in [-0.3, -0.25) is 0 Å². The third-order valence-corrected chi connectivity index (χ3v) is 4.75. The average molecular weight is 422 g/mol. The number of sulfonamides is 1. The van der Waals surface area contributed by atoms with E-state index in [0.29, 0.717) is 11.4 Å². The van der Waals surface area contributed by atoms with Crippen LogP contribution in [0.15, 0.2) is 53.3 Å². The highest BCUT2D eigenvalue weighted by Crippen LogP contribution is 2.18. The van der Waals surface area contributed by atoms with Gasteiger partial charge in [-0.2, -0.15) is 0 Å². The molecule has 2 rings (SSSR count). The number of methoxy groups -OCH3 is 3. The van der Waals surface area contributed by atoms with Crippen molar-refractivity contribution in [3.63, 3.8) is 0 Å². The lowest BCUT2D eigenvalue weighted by Gasteiger charge is -2.10. The number of carbonyl (C=O) groups excluding carboxylic acids is 2. The van der Waals surface area contributed by atoms with Crippen molar-refractivity contribution in [2.45, 2.75) is 4.90 Å². The minimum atomic E-state index is -3.95. The summed E-state index contributed by atoms with van der Waals surface area (Å²) in [6, 6.07) is 5.39. The van der Waals surface area contributed by atoms with E-state index in [2.05, 4.69) is 29.5 Å². The van der Waals surface area contributed by atoms with Crippen molar-refractivity contribution < 1.29 is 32.2 Å². The van der Waals surface area contributed by atoms with E-state index in [9.17, 15) is 18.0 Å². The lowest BCUT2D eigenvalue weighted by molar-refractivity contribution is -0.138. The molecule has 2 N–H and O–H groups in total. The maximum absolute atomic E-state index is 12.4. The molecule has 12 heteroatoms. The van der Waals surface area contributed by atoms with Gasteiger partial charge in [-0.05, 0) is 24.3 Å². The van der Waals surface area contributed by atoms with Crippen LogP contribution in [0.3, 0.4) is 0 Å². The number of nitrogens with zero attached hydrogens (tertiary/aromatic N) is 2. The topological polar surface area (TPSA) is 146 Å². The molecule has 154 valence electrons. The van der Waals surface area contributed by atoms with Gasteiger partial charge in [0.15, 0.2) is 5.75 Å². The van der Waals surface area contributed by atoms with Crippen molar-refractivity contribution in [1.82, 2.24) is 9.97 Å². The van der Waals surface area contributed by atoms with Crippen LogP contribution in [0.5, 0.6) is 5.75 Å². The van der Waals surface area contributed by atoms with Gasteiger partial charge in [0.05, 0.1) is 44.7 Å². The Kier molecular flexibility index (Phi) is 7.09. The standard InChI is InChI=1S/C17H18N4O7S/c1-26-12-9-18-17(19-10-12)21-29(24,25)13-6-4-11(5-7-13)20-14(16(23)28-3)8-15(22)27-2/h4-10,20H,1-3H3,(H,18,19,21)/b14-8+. The number of anilines is 2. The first-order valence-electron chi connectivity index (χ1n) is 7.93. The number of aromatic nitrogens is 2. The first-order valence-corrected chi connectivity index (χ1v) is 9.41. The highest BCUT2D eigenvalue weighted by Gasteiger charge is 2.17. The zero-order chi connectivity index (χ0) is 21.4. The largest absolute Gasteiger partial charge is 0.494 e. The number of benzene rings is 1. The summed E-state index contributed by atoms with van der Waals surface area (Å²) in [5, 5.41) is 2.67. The summed E-state index contributed by atoms with van der Waals surface area (Å²) >= 11 is 0. The average Bonchev–Trinajstić information content (AvgIpc) is 2.73. The van der Waals surface area contributed by atoms with E-state index >= 15 is 0 Å². The summed E-state index contributed by atoms with van der Waals surface area (Å²) in [7, 11) is -0.201. The third-order valence-electron chi connectivity index (χ3n) is 3.40. The second-order valence-electron chi connectivity index (χ2n) is 5.27. The predicted molar refractivity (Wildman–Crippen MR) is 102 cm³/mol. The van der Waals surface area contributed by atoms with Crippen molar-refractivity contribution in [2.24, 2.45) is 0 Å². The number of nitrogens with one attached hydrogen (secondary N) is 2. The molecule has 29 heavy (non-hydrogen) atoms. The molecule has 0 aliphatic carbocycles. The Hall–Kier alpha value is -3.67. The van der Waals surface area contributed by atoms with Gasteiger partial charge in [0.1, 0.15) is 5.70 Å². The van der Waals surface area contributed by atoms with Gasteiger partial charge < -0.3 is 19.5 Å². The van der Waals surface area contributed by atoms with E-state index in [1.165, 1.54) is 43.8 Å². The van der Waals surface area contributed by atoms with E-state index in [4.69, 9.17) is 4.74 Å². The Balaban J connectivity index is 2.17. The van der Waals surface area contributed by atoms with Gasteiger partial charge >= 0.3 is 11.9 Å². The number of rotatable bonds is 8. The van der Waals surface area contributed by atoms with Crippen LogP contribution in [-0.4, -0.2) is 51.7 Å². The van der Waals surface area contributed by atoms with Crippen LogP contribution in [0.1, 0.15) is 0 Å². The molecule has 0 atom stereocenters. The summed E-state index contributed by atoms with van der Waals surface area (Å²) in [6.45, 7) is 0. The molecule has 2 aromatic rings. The minimum Gasteiger partial charge on any atom is -0.494 e. The zero-order valence-corrected chi connectivity index (χ0v) is 16.5. The van der Waals surface area contributed by atoms with Crippen molar-refractivity contribution in [1.29, 1.82) is 0 Å². The highest BCUT2D eigenvalue weighted by atomic mass is 32.2. The van der Waals surface area contributed by atoms with Gasteiger partial charge in [0.25, 0.3) is 10.0 Å². The van der Waals surface area contributed by atoms with Gasteiger partial charge in [0.2, 0.25) is 5.95 Å². The minimum absolute atomic E-state index is 0.0703. The molecular weight excluding hydrogens is 404 g/mol. The van der Waals surface area contributed by atoms with Crippen molar-refractivity contribution in [3.05, 3.63) is 48.4 Å². The van der Waals surface area contributed by atoms with E-state index in [-0.39, 0.29) is 16.5 Å². The second-order valence-corrected chi connectivity index (χ2v) is 6.96. The molecule has 0 spiro atoms. The van der Waals surface area contributed by atoms with Crippen molar-refractivity contribution in [3.8, 4) is 5.75 Å². The van der Waals surface area contributed by atoms with Gasteiger partial charge in [-0.25, -0.2) is 32.7 Å². The van der Waals surface area contributed by atoms with E-state index in [1.54, 1.807) is 0 Å². The number of ether oxygens (including phenoxy) is 3. The van der Waals surface area contributed by atoms with Gasteiger partial charge in [-0.15, -0.1) is 0 Å². The molecule has 11 nitrogen and oxygen atoms in total. The number of esters is 2. The van der Waals surface area contributed by atoms with Crippen LogP contribution in [0.25, 0.3) is 0 Å². The van der Waals surface area contributed by atoms with E-state index < -0.39 is 22.0 Å². The van der Waals surface area contributed by atoms with Crippen LogP contribution in [0.2, 0.25) is 0 Å². The Morgan fingerprint density at radius 3 is 2.14 bits per heavy atom. The lowest BCUT2D eigenvalue weighted by Crippen LogP contribution is -2.16. The van der Waals surface area contributed by atoms with E-state index in [1.807, 2.05) is 0 Å². The van der Waals surface area contributed by atoms with Crippen molar-refractivity contribution in [2.75, 3.05) is 31.4 Å². The molecule has 0 saturated carbocycles. The molecule has 0 saturated heterocycles. The molecule has 1 heterocycles. The number of carbonyl (C=O) groups is 2. The predicted octanol–water partition coefficient (Wildman–Crippen LogP) is 0.928.